The van der Waals surface area contributed by atoms with Crippen molar-refractivity contribution in [1.82, 2.24) is 0 Å². The van der Waals surface area contributed by atoms with Crippen LogP contribution in [0.15, 0.2) is 53.0 Å². The van der Waals surface area contributed by atoms with Gasteiger partial charge in [0.15, 0.2) is 0 Å². The van der Waals surface area contributed by atoms with Crippen LogP contribution >= 0.6 is 11.8 Å². The molecular weight excluding hydrogens is 476 g/mol. The second kappa shape index (κ2) is 11.2. The van der Waals surface area contributed by atoms with Gasteiger partial charge in [0.25, 0.3) is 0 Å². The lowest BCUT2D eigenvalue weighted by Gasteiger charge is -2.44. The second-order valence-corrected chi connectivity index (χ2v) is 14.4. The number of fused-ring (bicyclic) bond motifs is 1. The lowest BCUT2D eigenvalue weighted by Crippen LogP contribution is -2.38. The Labute approximate surface area is 229 Å². The van der Waals surface area contributed by atoms with E-state index in [9.17, 15) is 15.3 Å². The quantitative estimate of drug-likeness (QED) is 0.272. The van der Waals surface area contributed by atoms with Crippen molar-refractivity contribution < 1.29 is 15.3 Å². The van der Waals surface area contributed by atoms with Crippen molar-refractivity contribution in [3.63, 3.8) is 0 Å². The minimum Gasteiger partial charge on any atom is -0.392 e. The highest BCUT2D eigenvalue weighted by molar-refractivity contribution is 7.99. The van der Waals surface area contributed by atoms with Crippen molar-refractivity contribution in [3.05, 3.63) is 53.6 Å². The number of aliphatic hydroxyl groups is 3. The molecule has 0 bridgehead atoms. The van der Waals surface area contributed by atoms with E-state index in [1.165, 1.54) is 42.8 Å². The van der Waals surface area contributed by atoms with Crippen LogP contribution in [0, 0.1) is 28.6 Å². The predicted molar refractivity (Wildman–Crippen MR) is 156 cm³/mol. The van der Waals surface area contributed by atoms with Crippen LogP contribution in [0.2, 0.25) is 0 Å². The molecule has 0 saturated heterocycles. The Morgan fingerprint density at radius 2 is 1.81 bits per heavy atom. The largest absolute Gasteiger partial charge is 0.392 e. The molecular formula is C33H50O3S. The molecule has 1 aromatic carbocycles. The van der Waals surface area contributed by atoms with Crippen LogP contribution < -0.4 is 0 Å². The van der Waals surface area contributed by atoms with Gasteiger partial charge in [-0.1, -0.05) is 49.8 Å². The summed E-state index contributed by atoms with van der Waals surface area (Å²) >= 11 is 1.96. The van der Waals surface area contributed by atoms with Crippen molar-refractivity contribution in [1.29, 1.82) is 0 Å². The van der Waals surface area contributed by atoms with Crippen LogP contribution in [0.3, 0.4) is 0 Å². The molecule has 0 heterocycles. The number of thioether (sulfide) groups is 1. The maximum atomic E-state index is 10.3. The fourth-order valence-electron chi connectivity index (χ4n) is 7.74. The van der Waals surface area contributed by atoms with E-state index in [2.05, 4.69) is 51.6 Å². The molecule has 0 radical (unpaired) electrons. The molecule has 4 aliphatic carbocycles. The first-order valence-electron chi connectivity index (χ1n) is 14.5. The Morgan fingerprint density at radius 1 is 1.14 bits per heavy atom. The molecule has 1 spiro atoms. The molecule has 3 nitrogen and oxygen atoms in total. The maximum absolute atomic E-state index is 10.3. The molecule has 5 rings (SSSR count). The highest BCUT2D eigenvalue weighted by atomic mass is 32.2. The van der Waals surface area contributed by atoms with E-state index < -0.39 is 5.60 Å². The Morgan fingerprint density at radius 3 is 2.41 bits per heavy atom. The van der Waals surface area contributed by atoms with Crippen molar-refractivity contribution in [3.8, 4) is 0 Å². The highest BCUT2D eigenvalue weighted by Gasteiger charge is 2.56. The smallest absolute Gasteiger partial charge is 0.0840 e. The molecule has 4 aliphatic rings. The minimum atomic E-state index is -0.765. The van der Waals surface area contributed by atoms with E-state index in [1.807, 2.05) is 31.7 Å². The Hall–Kier alpha value is -1.07. The fourth-order valence-corrected chi connectivity index (χ4v) is 8.81. The molecule has 0 amide bonds. The summed E-state index contributed by atoms with van der Waals surface area (Å²) in [6, 6.07) is 8.45. The number of hydrogen-bond acceptors (Lipinski definition) is 4. The maximum Gasteiger partial charge on any atom is 0.0840 e. The molecule has 6 atom stereocenters. The second-order valence-electron chi connectivity index (χ2n) is 13.3. The first kappa shape index (κ1) is 28.9. The molecule has 37 heavy (non-hydrogen) atoms. The zero-order valence-electron chi connectivity index (χ0n) is 23.8. The minimum absolute atomic E-state index is 0.124. The van der Waals surface area contributed by atoms with Crippen molar-refractivity contribution in [2.24, 2.45) is 28.6 Å². The topological polar surface area (TPSA) is 60.7 Å². The van der Waals surface area contributed by atoms with Gasteiger partial charge in [-0.15, -0.1) is 11.8 Å². The van der Waals surface area contributed by atoms with Crippen LogP contribution in [0.25, 0.3) is 0 Å². The summed E-state index contributed by atoms with van der Waals surface area (Å²) in [7, 11) is 0. The van der Waals surface area contributed by atoms with Gasteiger partial charge in [0.05, 0.1) is 17.8 Å². The number of benzene rings is 1. The zero-order chi connectivity index (χ0) is 27.0. The highest BCUT2D eigenvalue weighted by Crippen LogP contribution is 2.60. The summed E-state index contributed by atoms with van der Waals surface area (Å²) in [5, 5.41) is 29.5. The van der Waals surface area contributed by atoms with Gasteiger partial charge in [-0.3, -0.25) is 0 Å². The van der Waals surface area contributed by atoms with Crippen LogP contribution in [-0.2, 0) is 5.60 Å². The standard InChI is InChI=1S/C24H36OS.C9H14O2/c1-6-18-9-8-14-24(5)21(12-13-22(18)24)17(2)16-26-20-11-7-10-19(15-20)23(3,4)25;1-6-4-7(10)9(2-3-9)8(11)5-6/h6-7,10-11,15,17,21-22,25H,8-9,12-14,16H2,1-5H3;7-8,10-11H,1-5H2/b18-6+;/t;7-,8?/m.1/s1. The summed E-state index contributed by atoms with van der Waals surface area (Å²) in [4.78, 5) is 1.29. The Balaban J connectivity index is 0.000000241. The molecule has 4 heteroatoms. The van der Waals surface area contributed by atoms with E-state index in [-0.39, 0.29) is 17.6 Å². The number of rotatable bonds is 5. The van der Waals surface area contributed by atoms with Gasteiger partial charge >= 0.3 is 0 Å². The molecule has 4 fully saturated rings. The van der Waals surface area contributed by atoms with Crippen molar-refractivity contribution in [2.45, 2.75) is 115 Å². The van der Waals surface area contributed by atoms with Crippen molar-refractivity contribution >= 4 is 11.8 Å². The third-order valence-electron chi connectivity index (χ3n) is 10.3. The monoisotopic (exact) mass is 526 g/mol. The first-order chi connectivity index (χ1) is 17.4. The SMILES string of the molecule is C/C=C1\CCCC2(C)C1CCC2C(C)CSc1cccc(C(C)(C)O)c1.C=C1CC(O)C2(CC2)[C@H](O)C1. The summed E-state index contributed by atoms with van der Waals surface area (Å²) in [5.41, 5.74) is 3.35. The van der Waals surface area contributed by atoms with Gasteiger partial charge in [0.2, 0.25) is 0 Å². The summed E-state index contributed by atoms with van der Waals surface area (Å²) in [6.07, 6.45) is 12.0. The van der Waals surface area contributed by atoms with Crippen LogP contribution in [-0.4, -0.2) is 33.3 Å². The third kappa shape index (κ3) is 6.08. The summed E-state index contributed by atoms with van der Waals surface area (Å²) < 4.78 is 0. The Kier molecular flexibility index (Phi) is 8.75. The number of hydrogen-bond donors (Lipinski definition) is 3. The zero-order valence-corrected chi connectivity index (χ0v) is 24.6. The van der Waals surface area contributed by atoms with Gasteiger partial charge in [0.1, 0.15) is 0 Å². The lowest BCUT2D eigenvalue weighted by molar-refractivity contribution is -0.0223. The normalized spacial score (nSPS) is 34.6. The van der Waals surface area contributed by atoms with Gasteiger partial charge in [-0.05, 0) is 119 Å². The average Bonchev–Trinajstić information content (AvgIpc) is 3.57. The van der Waals surface area contributed by atoms with E-state index in [1.54, 1.807) is 5.57 Å². The molecule has 4 saturated carbocycles. The summed E-state index contributed by atoms with van der Waals surface area (Å²) in [5.74, 6) is 3.58. The molecule has 3 N–H and O–H groups in total. The first-order valence-corrected chi connectivity index (χ1v) is 15.5. The molecule has 206 valence electrons. The van der Waals surface area contributed by atoms with Crippen molar-refractivity contribution in [2.75, 3.05) is 5.75 Å². The lowest BCUT2D eigenvalue weighted by atomic mass is 9.61. The van der Waals surface area contributed by atoms with Crippen LogP contribution in [0.4, 0.5) is 0 Å². The van der Waals surface area contributed by atoms with E-state index in [0.29, 0.717) is 18.3 Å². The predicted octanol–water partition coefficient (Wildman–Crippen LogP) is 7.64. The molecule has 5 unspecified atom stereocenters. The van der Waals surface area contributed by atoms with Crippen LogP contribution in [0.5, 0.6) is 0 Å². The fraction of sp³-hybridized carbons (Fsp3) is 0.697. The number of allylic oxidation sites excluding steroid dienone is 2. The van der Waals surface area contributed by atoms with Gasteiger partial charge in [-0.25, -0.2) is 0 Å². The van der Waals surface area contributed by atoms with Crippen LogP contribution in [0.1, 0.15) is 98.0 Å². The van der Waals surface area contributed by atoms with Gasteiger partial charge < -0.3 is 15.3 Å². The molecule has 0 aromatic heterocycles. The van der Waals surface area contributed by atoms with E-state index in [0.717, 1.165) is 41.7 Å². The number of aliphatic hydroxyl groups excluding tert-OH is 2. The van der Waals surface area contributed by atoms with E-state index in [4.69, 9.17) is 0 Å². The van der Waals surface area contributed by atoms with E-state index >= 15 is 0 Å². The Bertz CT molecular complexity index is 972. The van der Waals surface area contributed by atoms with Gasteiger partial charge in [0, 0.05) is 16.1 Å². The third-order valence-corrected chi connectivity index (χ3v) is 11.5. The average molecular weight is 527 g/mol. The van der Waals surface area contributed by atoms with Gasteiger partial charge in [-0.2, -0.15) is 0 Å². The molecule has 1 aromatic rings. The summed E-state index contributed by atoms with van der Waals surface area (Å²) in [6.45, 7) is 14.8. The molecule has 0 aliphatic heterocycles.